The Morgan fingerprint density at radius 3 is 2.50 bits per heavy atom. The minimum atomic E-state index is -0.837. The number of nitrogens with one attached hydrogen (secondary N) is 1. The number of hydrogen-bond donors (Lipinski definition) is 2. The smallest absolute Gasteiger partial charge is 0.332 e. The van der Waals surface area contributed by atoms with Crippen LogP contribution in [0.2, 0.25) is 0 Å². The number of halogens is 2. The minimum absolute atomic E-state index is 0.0915. The Morgan fingerprint density at radius 2 is 2.00 bits per heavy atom. The van der Waals surface area contributed by atoms with Gasteiger partial charge in [-0.15, -0.1) is 0 Å². The van der Waals surface area contributed by atoms with Gasteiger partial charge in [0.2, 0.25) is 0 Å². The second kappa shape index (κ2) is 5.56. The van der Waals surface area contributed by atoms with Crippen molar-refractivity contribution in [1.82, 2.24) is 5.32 Å². The summed E-state index contributed by atoms with van der Waals surface area (Å²) in [6.07, 6.45) is 0. The lowest BCUT2D eigenvalue weighted by Crippen LogP contribution is -2.39. The largest absolute Gasteiger partial charge is 0.336 e. The van der Waals surface area contributed by atoms with Crippen LogP contribution in [0.25, 0.3) is 0 Å². The van der Waals surface area contributed by atoms with E-state index in [1.807, 2.05) is 20.8 Å². The van der Waals surface area contributed by atoms with Crippen LogP contribution in [0.4, 0.5) is 19.3 Å². The van der Waals surface area contributed by atoms with Crippen molar-refractivity contribution in [3.8, 4) is 0 Å². The zero-order valence-corrected chi connectivity index (χ0v) is 11.4. The fourth-order valence-electron chi connectivity index (χ4n) is 1.18. The Morgan fingerprint density at radius 1 is 1.39 bits per heavy atom. The number of carbonyl (C=O) groups excluding carboxylic acids is 1. The summed E-state index contributed by atoms with van der Waals surface area (Å²) < 4.78 is 27.0. The van der Waals surface area contributed by atoms with Crippen LogP contribution in [-0.2, 0) is 0 Å². The van der Waals surface area contributed by atoms with Crippen molar-refractivity contribution >= 4 is 24.5 Å². The van der Waals surface area contributed by atoms with Crippen molar-refractivity contribution in [1.29, 1.82) is 0 Å². The Hall–Kier alpha value is -1.30. The maximum atomic E-state index is 13.4. The van der Waals surface area contributed by atoms with Crippen LogP contribution < -0.4 is 9.62 Å². The molecule has 0 aliphatic carbocycles. The fourth-order valence-corrected chi connectivity index (χ4v) is 1.41. The maximum Gasteiger partial charge on any atom is 0.332 e. The molecule has 0 heterocycles. The average Bonchev–Trinajstić information content (AvgIpc) is 2.24. The number of benzene rings is 1. The van der Waals surface area contributed by atoms with Crippen LogP contribution in [0, 0.1) is 17.0 Å². The minimum Gasteiger partial charge on any atom is -0.336 e. The predicted octanol–water partition coefficient (Wildman–Crippen LogP) is 3.37. The molecule has 0 radical (unpaired) electrons. The maximum absolute atomic E-state index is 13.4. The Balaban J connectivity index is 2.74. The lowest BCUT2D eigenvalue weighted by atomic mass is 9.97. The van der Waals surface area contributed by atoms with Crippen molar-refractivity contribution in [2.24, 2.45) is 5.41 Å². The number of carbonyl (C=O) groups is 1. The van der Waals surface area contributed by atoms with E-state index in [-0.39, 0.29) is 11.1 Å². The van der Waals surface area contributed by atoms with Gasteiger partial charge >= 0.3 is 6.03 Å². The third-order valence-corrected chi connectivity index (χ3v) is 2.50. The van der Waals surface area contributed by atoms with Crippen LogP contribution in [0.3, 0.4) is 0 Å². The molecule has 0 spiro atoms. The van der Waals surface area contributed by atoms with E-state index in [1.165, 1.54) is 0 Å². The summed E-state index contributed by atoms with van der Waals surface area (Å²) in [6.45, 7) is 6.28. The molecule has 0 fully saturated rings. The zero-order valence-electron chi connectivity index (χ0n) is 10.5. The summed E-state index contributed by atoms with van der Waals surface area (Å²) in [6, 6.07) is 2.38. The van der Waals surface area contributed by atoms with Crippen molar-refractivity contribution in [3.63, 3.8) is 0 Å². The molecule has 6 heteroatoms. The first-order valence-corrected chi connectivity index (χ1v) is 5.82. The van der Waals surface area contributed by atoms with Crippen LogP contribution >= 0.6 is 12.8 Å². The SMILES string of the molecule is CC(C)(C)CNC(=O)N(S)c1ccc(F)cc1F. The van der Waals surface area contributed by atoms with Crippen molar-refractivity contribution in [2.45, 2.75) is 20.8 Å². The molecule has 0 aliphatic heterocycles. The molecular formula is C12H16F2N2OS. The van der Waals surface area contributed by atoms with Gasteiger partial charge in [0.05, 0.1) is 5.69 Å². The number of amides is 2. The van der Waals surface area contributed by atoms with Gasteiger partial charge in [0.15, 0.2) is 5.82 Å². The molecule has 1 aromatic rings. The van der Waals surface area contributed by atoms with E-state index in [0.29, 0.717) is 12.6 Å². The second-order valence-corrected chi connectivity index (χ2v) is 5.53. The predicted molar refractivity (Wildman–Crippen MR) is 70.7 cm³/mol. The number of urea groups is 1. The number of hydrogen-bond acceptors (Lipinski definition) is 2. The lowest BCUT2D eigenvalue weighted by Gasteiger charge is -2.22. The number of rotatable bonds is 2. The van der Waals surface area contributed by atoms with Crippen molar-refractivity contribution < 1.29 is 13.6 Å². The molecule has 1 N–H and O–H groups in total. The Bertz CT molecular complexity index is 446. The van der Waals surface area contributed by atoms with Crippen LogP contribution in [0.15, 0.2) is 18.2 Å². The number of nitrogens with zero attached hydrogens (tertiary/aromatic N) is 1. The summed E-state index contributed by atoms with van der Waals surface area (Å²) >= 11 is 3.91. The summed E-state index contributed by atoms with van der Waals surface area (Å²) in [5.74, 6) is -1.54. The third kappa shape index (κ3) is 4.18. The number of thiol groups is 1. The highest BCUT2D eigenvalue weighted by molar-refractivity contribution is 7.82. The first-order chi connectivity index (χ1) is 8.20. The lowest BCUT2D eigenvalue weighted by molar-refractivity contribution is 0.244. The first-order valence-electron chi connectivity index (χ1n) is 5.42. The fraction of sp³-hybridized carbons (Fsp3) is 0.417. The molecule has 1 rings (SSSR count). The van der Waals surface area contributed by atoms with Crippen LogP contribution in [-0.4, -0.2) is 12.6 Å². The average molecular weight is 274 g/mol. The van der Waals surface area contributed by atoms with E-state index in [0.717, 1.165) is 16.4 Å². The molecule has 0 aliphatic rings. The van der Waals surface area contributed by atoms with Crippen LogP contribution in [0.5, 0.6) is 0 Å². The number of anilines is 1. The van der Waals surface area contributed by atoms with Gasteiger partial charge in [-0.25, -0.2) is 17.9 Å². The van der Waals surface area contributed by atoms with E-state index < -0.39 is 17.7 Å². The topological polar surface area (TPSA) is 32.3 Å². The highest BCUT2D eigenvalue weighted by Gasteiger charge is 2.18. The molecule has 3 nitrogen and oxygen atoms in total. The third-order valence-electron chi connectivity index (χ3n) is 2.10. The monoisotopic (exact) mass is 274 g/mol. The Kier molecular flexibility index (Phi) is 4.56. The molecular weight excluding hydrogens is 258 g/mol. The van der Waals surface area contributed by atoms with E-state index >= 15 is 0 Å². The van der Waals surface area contributed by atoms with E-state index in [4.69, 9.17) is 0 Å². The Labute approximate surface area is 111 Å². The highest BCUT2D eigenvalue weighted by atomic mass is 32.1. The molecule has 18 heavy (non-hydrogen) atoms. The summed E-state index contributed by atoms with van der Waals surface area (Å²) in [5.41, 5.74) is -0.183. The molecule has 0 bridgehead atoms. The summed E-state index contributed by atoms with van der Waals surface area (Å²) in [4.78, 5) is 11.7. The first kappa shape index (κ1) is 14.8. The van der Waals surface area contributed by atoms with Crippen LogP contribution in [0.1, 0.15) is 20.8 Å². The van der Waals surface area contributed by atoms with E-state index in [2.05, 4.69) is 18.1 Å². The van der Waals surface area contributed by atoms with E-state index in [1.54, 1.807) is 0 Å². The molecule has 100 valence electrons. The quantitative estimate of drug-likeness (QED) is 0.796. The molecule has 0 saturated heterocycles. The van der Waals surface area contributed by atoms with E-state index in [9.17, 15) is 13.6 Å². The van der Waals surface area contributed by atoms with Gasteiger partial charge in [0.1, 0.15) is 5.82 Å². The van der Waals surface area contributed by atoms with Gasteiger partial charge in [-0.05, 0) is 17.5 Å². The normalized spacial score (nSPS) is 11.2. The van der Waals surface area contributed by atoms with Crippen molar-refractivity contribution in [2.75, 3.05) is 10.8 Å². The van der Waals surface area contributed by atoms with Gasteiger partial charge in [-0.3, -0.25) is 0 Å². The molecule has 1 aromatic carbocycles. The van der Waals surface area contributed by atoms with Gasteiger partial charge < -0.3 is 5.32 Å². The summed E-state index contributed by atoms with van der Waals surface area (Å²) in [5, 5.41) is 2.61. The molecule has 2 amide bonds. The van der Waals surface area contributed by atoms with Gasteiger partial charge in [0.25, 0.3) is 0 Å². The summed E-state index contributed by atoms with van der Waals surface area (Å²) in [7, 11) is 0. The molecule has 0 unspecified atom stereocenters. The molecule has 0 atom stereocenters. The highest BCUT2D eigenvalue weighted by Crippen LogP contribution is 2.22. The van der Waals surface area contributed by atoms with Crippen molar-refractivity contribution in [3.05, 3.63) is 29.8 Å². The molecule has 0 saturated carbocycles. The standard InChI is InChI=1S/C12H16F2N2OS/c1-12(2,3)7-15-11(17)16(18)10-5-4-8(13)6-9(10)14/h4-6,18H,7H2,1-3H3,(H,15,17). The van der Waals surface area contributed by atoms with Gasteiger partial charge in [-0.2, -0.15) is 0 Å². The zero-order chi connectivity index (χ0) is 13.9. The second-order valence-electron chi connectivity index (χ2n) is 5.13. The molecule has 0 aromatic heterocycles. The van der Waals surface area contributed by atoms with Gasteiger partial charge in [0, 0.05) is 12.6 Å². The van der Waals surface area contributed by atoms with Gasteiger partial charge in [-0.1, -0.05) is 33.6 Å².